The first kappa shape index (κ1) is 15.9. The summed E-state index contributed by atoms with van der Waals surface area (Å²) in [5.74, 6) is -1.27. The molecule has 0 saturated heterocycles. The maximum absolute atomic E-state index is 11.6. The van der Waals surface area contributed by atoms with Crippen LogP contribution in [0.4, 0.5) is 11.4 Å². The lowest BCUT2D eigenvalue weighted by atomic mass is 10.2. The van der Waals surface area contributed by atoms with Gasteiger partial charge in [-0.2, -0.15) is 0 Å². The molecule has 0 bridgehead atoms. The Balaban J connectivity index is 2.55. The molecule has 8 heteroatoms. The predicted molar refractivity (Wildman–Crippen MR) is 72.8 cm³/mol. The number of carboxylic acids is 1. The fraction of sp³-hybridized carbons (Fsp3) is 0.333. The van der Waals surface area contributed by atoms with Crippen molar-refractivity contribution in [3.05, 3.63) is 33.3 Å². The Morgan fingerprint density at radius 1 is 1.30 bits per heavy atom. The zero-order valence-electron chi connectivity index (χ0n) is 10.5. The van der Waals surface area contributed by atoms with Crippen LogP contribution in [0.5, 0.6) is 0 Å². The number of rotatable bonds is 7. The Morgan fingerprint density at radius 3 is 2.55 bits per heavy atom. The van der Waals surface area contributed by atoms with Gasteiger partial charge < -0.3 is 10.4 Å². The first-order valence-electron chi connectivity index (χ1n) is 5.85. The van der Waals surface area contributed by atoms with Crippen LogP contribution < -0.4 is 5.32 Å². The van der Waals surface area contributed by atoms with Crippen molar-refractivity contribution in [2.45, 2.75) is 25.7 Å². The molecule has 1 aromatic carbocycles. The number of carbonyl (C=O) groups excluding carboxylic acids is 1. The van der Waals surface area contributed by atoms with Crippen molar-refractivity contribution in [2.75, 3.05) is 5.32 Å². The highest BCUT2D eigenvalue weighted by Gasteiger charge is 2.12. The van der Waals surface area contributed by atoms with Crippen LogP contribution in [-0.4, -0.2) is 21.9 Å². The van der Waals surface area contributed by atoms with Gasteiger partial charge in [-0.05, 0) is 18.9 Å². The summed E-state index contributed by atoms with van der Waals surface area (Å²) in [6.07, 6.45) is 0.952. The molecular formula is C12H13ClN2O5. The number of hydrogen-bond donors (Lipinski definition) is 2. The molecule has 0 heterocycles. The minimum absolute atomic E-state index is 0.00481. The predicted octanol–water partition coefficient (Wildman–Crippen LogP) is 2.83. The molecule has 0 aromatic heterocycles. The summed E-state index contributed by atoms with van der Waals surface area (Å²) in [5, 5.41) is 21.7. The van der Waals surface area contributed by atoms with Crippen LogP contribution in [0.15, 0.2) is 18.2 Å². The fourth-order valence-electron chi connectivity index (χ4n) is 1.50. The third-order valence-corrected chi connectivity index (χ3v) is 2.81. The van der Waals surface area contributed by atoms with Gasteiger partial charge in [-0.1, -0.05) is 11.6 Å². The number of unbranched alkanes of at least 4 members (excludes halogenated alkanes) is 1. The molecule has 1 aromatic rings. The van der Waals surface area contributed by atoms with Gasteiger partial charge in [0.15, 0.2) is 0 Å². The van der Waals surface area contributed by atoms with E-state index in [1.165, 1.54) is 18.2 Å². The lowest BCUT2D eigenvalue weighted by molar-refractivity contribution is -0.384. The number of amides is 1. The van der Waals surface area contributed by atoms with Gasteiger partial charge in [0.2, 0.25) is 5.91 Å². The van der Waals surface area contributed by atoms with Gasteiger partial charge in [-0.3, -0.25) is 19.7 Å². The van der Waals surface area contributed by atoms with Gasteiger partial charge >= 0.3 is 5.97 Å². The van der Waals surface area contributed by atoms with Gasteiger partial charge in [-0.15, -0.1) is 0 Å². The molecule has 0 spiro atoms. The molecule has 0 radical (unpaired) electrons. The molecule has 108 valence electrons. The highest BCUT2D eigenvalue weighted by atomic mass is 35.5. The lowest BCUT2D eigenvalue weighted by Crippen LogP contribution is -2.12. The van der Waals surface area contributed by atoms with Gasteiger partial charge in [0, 0.05) is 25.0 Å². The van der Waals surface area contributed by atoms with Crippen LogP contribution in [0.25, 0.3) is 0 Å². The van der Waals surface area contributed by atoms with E-state index in [2.05, 4.69) is 5.32 Å². The highest BCUT2D eigenvalue weighted by Crippen LogP contribution is 2.26. The number of non-ortho nitro benzene ring substituents is 1. The summed E-state index contributed by atoms with van der Waals surface area (Å²) in [7, 11) is 0. The van der Waals surface area contributed by atoms with Gasteiger partial charge in [0.05, 0.1) is 15.6 Å². The van der Waals surface area contributed by atoms with Crippen molar-refractivity contribution in [1.29, 1.82) is 0 Å². The van der Waals surface area contributed by atoms with E-state index >= 15 is 0 Å². The number of nitrogens with zero attached hydrogens (tertiary/aromatic N) is 1. The topological polar surface area (TPSA) is 110 Å². The van der Waals surface area contributed by atoms with E-state index in [1.54, 1.807) is 0 Å². The standard InChI is InChI=1S/C12H13ClN2O5/c13-9-6-5-8(15(19)20)7-10(9)14-11(16)3-1-2-4-12(17)18/h5-7H,1-4H2,(H,14,16)(H,17,18). The molecule has 20 heavy (non-hydrogen) atoms. The number of aliphatic carboxylic acids is 1. The van der Waals surface area contributed by atoms with Crippen molar-refractivity contribution in [3.63, 3.8) is 0 Å². The minimum Gasteiger partial charge on any atom is -0.481 e. The van der Waals surface area contributed by atoms with E-state index in [0.29, 0.717) is 12.8 Å². The van der Waals surface area contributed by atoms with Crippen LogP contribution in [0.3, 0.4) is 0 Å². The third kappa shape index (κ3) is 5.23. The Bertz CT molecular complexity index is 533. The Hall–Kier alpha value is -2.15. The fourth-order valence-corrected chi connectivity index (χ4v) is 1.66. The van der Waals surface area contributed by atoms with Gasteiger partial charge in [-0.25, -0.2) is 0 Å². The number of nitrogens with one attached hydrogen (secondary N) is 1. The summed E-state index contributed by atoms with van der Waals surface area (Å²) < 4.78 is 0. The minimum atomic E-state index is -0.910. The molecule has 0 unspecified atom stereocenters. The van der Waals surface area contributed by atoms with Crippen LogP contribution in [-0.2, 0) is 9.59 Å². The number of hydrogen-bond acceptors (Lipinski definition) is 4. The van der Waals surface area contributed by atoms with E-state index in [4.69, 9.17) is 16.7 Å². The molecule has 0 saturated carbocycles. The first-order chi connectivity index (χ1) is 9.40. The Kier molecular flexibility index (Phi) is 5.92. The molecule has 7 nitrogen and oxygen atoms in total. The van der Waals surface area contributed by atoms with Crippen molar-refractivity contribution in [2.24, 2.45) is 0 Å². The zero-order chi connectivity index (χ0) is 15.1. The molecule has 0 fully saturated rings. The highest BCUT2D eigenvalue weighted by molar-refractivity contribution is 6.33. The van der Waals surface area contributed by atoms with E-state index in [1.807, 2.05) is 0 Å². The van der Waals surface area contributed by atoms with Gasteiger partial charge in [0.25, 0.3) is 5.69 Å². The van der Waals surface area contributed by atoms with Crippen molar-refractivity contribution in [3.8, 4) is 0 Å². The SMILES string of the molecule is O=C(O)CCCCC(=O)Nc1cc([N+](=O)[O-])ccc1Cl. The Morgan fingerprint density at radius 2 is 1.95 bits per heavy atom. The molecule has 0 aliphatic rings. The van der Waals surface area contributed by atoms with Crippen molar-refractivity contribution >= 4 is 34.9 Å². The van der Waals surface area contributed by atoms with Crippen molar-refractivity contribution in [1.82, 2.24) is 0 Å². The van der Waals surface area contributed by atoms with Crippen LogP contribution >= 0.6 is 11.6 Å². The second-order valence-corrected chi connectivity index (χ2v) is 4.48. The number of nitro benzene ring substituents is 1. The number of benzene rings is 1. The summed E-state index contributed by atoms with van der Waals surface area (Å²) >= 11 is 5.83. The molecule has 2 N–H and O–H groups in total. The summed E-state index contributed by atoms with van der Waals surface area (Å²) in [6.45, 7) is 0. The average molecular weight is 301 g/mol. The van der Waals surface area contributed by atoms with Crippen molar-refractivity contribution < 1.29 is 19.6 Å². The van der Waals surface area contributed by atoms with E-state index < -0.39 is 10.9 Å². The Labute approximate surface area is 119 Å². The molecule has 0 aliphatic heterocycles. The van der Waals surface area contributed by atoms with Crippen LogP contribution in [0.2, 0.25) is 5.02 Å². The summed E-state index contributed by atoms with van der Waals surface area (Å²) in [4.78, 5) is 31.9. The molecule has 0 aliphatic carbocycles. The smallest absolute Gasteiger partial charge is 0.303 e. The number of halogens is 1. The molecule has 1 rings (SSSR count). The second-order valence-electron chi connectivity index (χ2n) is 4.07. The van der Waals surface area contributed by atoms with Gasteiger partial charge in [0.1, 0.15) is 0 Å². The van der Waals surface area contributed by atoms with E-state index in [0.717, 1.165) is 0 Å². The first-order valence-corrected chi connectivity index (χ1v) is 6.23. The normalized spacial score (nSPS) is 10.1. The number of carboxylic acid groups (broad SMARTS) is 1. The lowest BCUT2D eigenvalue weighted by Gasteiger charge is -2.06. The summed E-state index contributed by atoms with van der Waals surface area (Å²) in [6, 6.07) is 3.75. The van der Waals surface area contributed by atoms with E-state index in [9.17, 15) is 19.7 Å². The quantitative estimate of drug-likeness (QED) is 0.457. The number of anilines is 1. The molecular weight excluding hydrogens is 288 g/mol. The molecule has 0 atom stereocenters. The number of carbonyl (C=O) groups is 2. The second kappa shape index (κ2) is 7.44. The number of nitro groups is 1. The monoisotopic (exact) mass is 300 g/mol. The maximum Gasteiger partial charge on any atom is 0.303 e. The third-order valence-electron chi connectivity index (χ3n) is 2.48. The molecule has 1 amide bonds. The maximum atomic E-state index is 11.6. The average Bonchev–Trinajstić information content (AvgIpc) is 2.37. The zero-order valence-corrected chi connectivity index (χ0v) is 11.2. The van der Waals surface area contributed by atoms with Crippen LogP contribution in [0, 0.1) is 10.1 Å². The van der Waals surface area contributed by atoms with Crippen LogP contribution in [0.1, 0.15) is 25.7 Å². The largest absolute Gasteiger partial charge is 0.481 e. The summed E-state index contributed by atoms with van der Waals surface area (Å²) in [5.41, 5.74) is -0.000298. The van der Waals surface area contributed by atoms with E-state index in [-0.39, 0.29) is 35.1 Å².